The second-order valence-electron chi connectivity index (χ2n) is 5.25. The van der Waals surface area contributed by atoms with Crippen LogP contribution in [0.5, 0.6) is 11.5 Å². The van der Waals surface area contributed by atoms with E-state index in [1.54, 1.807) is 14.2 Å². The van der Waals surface area contributed by atoms with E-state index < -0.39 is 5.97 Å². The minimum absolute atomic E-state index is 0.100. The second kappa shape index (κ2) is 7.92. The van der Waals surface area contributed by atoms with Crippen molar-refractivity contribution in [1.82, 2.24) is 14.8 Å². The summed E-state index contributed by atoms with van der Waals surface area (Å²) in [5.41, 5.74) is 1.66. The fraction of sp³-hybridized carbons (Fsp3) is 0.167. The molecule has 0 spiro atoms. The minimum atomic E-state index is -0.912. The van der Waals surface area contributed by atoms with Crippen LogP contribution in [0, 0.1) is 0 Å². The quantitative estimate of drug-likeness (QED) is 0.639. The number of carboxylic acids is 1. The standard InChI is InChI=1S/C18H17N3O4S/c1-24-14-7-3-12(4-8-14)17-19-20-18(26-11-16(22)23)21(17)13-5-9-15(25-2)10-6-13/h3-10H,11H2,1-2H3,(H,22,23). The number of methoxy groups -OCH3 is 2. The monoisotopic (exact) mass is 371 g/mol. The molecule has 0 aliphatic heterocycles. The van der Waals surface area contributed by atoms with Crippen LogP contribution in [-0.4, -0.2) is 45.8 Å². The molecule has 8 heteroatoms. The average Bonchev–Trinajstić information content (AvgIpc) is 3.10. The molecule has 7 nitrogen and oxygen atoms in total. The zero-order valence-corrected chi connectivity index (χ0v) is 15.1. The van der Waals surface area contributed by atoms with Gasteiger partial charge < -0.3 is 14.6 Å². The third kappa shape index (κ3) is 3.80. The van der Waals surface area contributed by atoms with Gasteiger partial charge in [-0.15, -0.1) is 10.2 Å². The summed E-state index contributed by atoms with van der Waals surface area (Å²) in [6, 6.07) is 14.9. The summed E-state index contributed by atoms with van der Waals surface area (Å²) in [7, 11) is 3.21. The van der Waals surface area contributed by atoms with Crippen LogP contribution in [0.15, 0.2) is 53.7 Å². The lowest BCUT2D eigenvalue weighted by Gasteiger charge is -2.11. The van der Waals surface area contributed by atoms with E-state index in [9.17, 15) is 4.79 Å². The fourth-order valence-corrected chi connectivity index (χ4v) is 3.05. The number of ether oxygens (including phenoxy) is 2. The van der Waals surface area contributed by atoms with E-state index in [1.165, 1.54) is 0 Å². The smallest absolute Gasteiger partial charge is 0.313 e. The summed E-state index contributed by atoms with van der Waals surface area (Å²) in [6.45, 7) is 0. The Kier molecular flexibility index (Phi) is 5.43. The molecule has 0 aliphatic rings. The van der Waals surface area contributed by atoms with Crippen molar-refractivity contribution in [1.29, 1.82) is 0 Å². The normalized spacial score (nSPS) is 10.5. The Hall–Kier alpha value is -3.00. The zero-order valence-electron chi connectivity index (χ0n) is 14.2. The SMILES string of the molecule is COc1ccc(-c2nnc(SCC(=O)O)n2-c2ccc(OC)cc2)cc1. The number of carboxylic acid groups (broad SMARTS) is 1. The van der Waals surface area contributed by atoms with Crippen LogP contribution in [-0.2, 0) is 4.79 Å². The first kappa shape index (κ1) is 17.8. The van der Waals surface area contributed by atoms with Gasteiger partial charge in [-0.2, -0.15) is 0 Å². The van der Waals surface area contributed by atoms with E-state index >= 15 is 0 Å². The lowest BCUT2D eigenvalue weighted by atomic mass is 10.2. The van der Waals surface area contributed by atoms with Crippen molar-refractivity contribution >= 4 is 17.7 Å². The second-order valence-corrected chi connectivity index (χ2v) is 6.19. The van der Waals surface area contributed by atoms with Crippen LogP contribution in [0.4, 0.5) is 0 Å². The number of carbonyl (C=O) groups is 1. The number of hydrogen-bond acceptors (Lipinski definition) is 6. The molecule has 1 heterocycles. The predicted molar refractivity (Wildman–Crippen MR) is 98.3 cm³/mol. The van der Waals surface area contributed by atoms with Gasteiger partial charge in [-0.1, -0.05) is 11.8 Å². The van der Waals surface area contributed by atoms with Crippen LogP contribution in [0.1, 0.15) is 0 Å². The van der Waals surface area contributed by atoms with Gasteiger partial charge in [0.1, 0.15) is 11.5 Å². The number of rotatable bonds is 7. The Labute approximate surface area is 154 Å². The highest BCUT2D eigenvalue weighted by atomic mass is 32.2. The van der Waals surface area contributed by atoms with E-state index in [2.05, 4.69) is 10.2 Å². The lowest BCUT2D eigenvalue weighted by molar-refractivity contribution is -0.133. The van der Waals surface area contributed by atoms with Gasteiger partial charge in [0.25, 0.3) is 0 Å². The molecular weight excluding hydrogens is 354 g/mol. The third-order valence-corrected chi connectivity index (χ3v) is 4.55. The molecule has 26 heavy (non-hydrogen) atoms. The van der Waals surface area contributed by atoms with E-state index in [0.29, 0.717) is 11.0 Å². The van der Waals surface area contributed by atoms with Gasteiger partial charge in [0.2, 0.25) is 0 Å². The van der Waals surface area contributed by atoms with Crippen LogP contribution in [0.25, 0.3) is 17.1 Å². The van der Waals surface area contributed by atoms with Crippen molar-refractivity contribution in [3.8, 4) is 28.6 Å². The number of thioether (sulfide) groups is 1. The van der Waals surface area contributed by atoms with Crippen LogP contribution in [0.3, 0.4) is 0 Å². The lowest BCUT2D eigenvalue weighted by Crippen LogP contribution is -2.03. The fourth-order valence-electron chi connectivity index (χ4n) is 2.38. The topological polar surface area (TPSA) is 86.5 Å². The Morgan fingerprint density at radius 1 is 1.00 bits per heavy atom. The predicted octanol–water partition coefficient (Wildman–Crippen LogP) is 3.13. The molecule has 3 rings (SSSR count). The summed E-state index contributed by atoms with van der Waals surface area (Å²) < 4.78 is 12.2. The largest absolute Gasteiger partial charge is 0.497 e. The first-order chi connectivity index (χ1) is 12.6. The molecule has 134 valence electrons. The molecule has 1 N–H and O–H groups in total. The Bertz CT molecular complexity index is 892. The number of benzene rings is 2. The molecular formula is C18H17N3O4S. The molecule has 1 aromatic heterocycles. The van der Waals surface area contributed by atoms with Gasteiger partial charge >= 0.3 is 5.97 Å². The van der Waals surface area contributed by atoms with Crippen LogP contribution < -0.4 is 9.47 Å². The van der Waals surface area contributed by atoms with Gasteiger partial charge in [0.05, 0.1) is 20.0 Å². The molecule has 0 radical (unpaired) electrons. The summed E-state index contributed by atoms with van der Waals surface area (Å²) in [5.74, 6) is 1.07. The molecule has 2 aromatic carbocycles. The van der Waals surface area contributed by atoms with Crippen molar-refractivity contribution in [2.24, 2.45) is 0 Å². The van der Waals surface area contributed by atoms with Crippen molar-refractivity contribution in [2.75, 3.05) is 20.0 Å². The molecule has 0 atom stereocenters. The number of aliphatic carboxylic acids is 1. The van der Waals surface area contributed by atoms with Gasteiger partial charge in [0.15, 0.2) is 11.0 Å². The zero-order chi connectivity index (χ0) is 18.5. The Morgan fingerprint density at radius 3 is 2.12 bits per heavy atom. The summed E-state index contributed by atoms with van der Waals surface area (Å²) >= 11 is 1.12. The summed E-state index contributed by atoms with van der Waals surface area (Å²) in [5, 5.41) is 17.9. The first-order valence-corrected chi connectivity index (χ1v) is 8.70. The molecule has 3 aromatic rings. The molecule has 0 saturated heterocycles. The van der Waals surface area contributed by atoms with Crippen LogP contribution in [0.2, 0.25) is 0 Å². The summed E-state index contributed by atoms with van der Waals surface area (Å²) in [4.78, 5) is 10.9. The molecule has 0 fully saturated rings. The third-order valence-electron chi connectivity index (χ3n) is 3.64. The first-order valence-electron chi connectivity index (χ1n) is 7.71. The average molecular weight is 371 g/mol. The Morgan fingerprint density at radius 2 is 1.58 bits per heavy atom. The van der Waals surface area contributed by atoms with E-state index in [1.807, 2.05) is 53.1 Å². The van der Waals surface area contributed by atoms with Crippen LogP contribution >= 0.6 is 11.8 Å². The maximum atomic E-state index is 10.9. The van der Waals surface area contributed by atoms with Crippen molar-refractivity contribution in [3.05, 3.63) is 48.5 Å². The van der Waals surface area contributed by atoms with Crippen molar-refractivity contribution in [2.45, 2.75) is 5.16 Å². The van der Waals surface area contributed by atoms with Gasteiger partial charge in [-0.05, 0) is 48.5 Å². The van der Waals surface area contributed by atoms with Gasteiger partial charge in [0, 0.05) is 11.3 Å². The number of aromatic nitrogens is 3. The van der Waals surface area contributed by atoms with Gasteiger partial charge in [-0.25, -0.2) is 0 Å². The molecule has 0 unspecified atom stereocenters. The van der Waals surface area contributed by atoms with E-state index in [0.717, 1.165) is 34.5 Å². The number of nitrogens with zero attached hydrogens (tertiary/aromatic N) is 3. The van der Waals surface area contributed by atoms with E-state index in [4.69, 9.17) is 14.6 Å². The molecule has 0 amide bonds. The molecule has 0 aliphatic carbocycles. The maximum Gasteiger partial charge on any atom is 0.313 e. The van der Waals surface area contributed by atoms with Crippen molar-refractivity contribution < 1.29 is 19.4 Å². The molecule has 0 saturated carbocycles. The highest BCUT2D eigenvalue weighted by Crippen LogP contribution is 2.29. The molecule has 0 bridgehead atoms. The number of hydrogen-bond donors (Lipinski definition) is 1. The highest BCUT2D eigenvalue weighted by Gasteiger charge is 2.17. The maximum absolute atomic E-state index is 10.9. The summed E-state index contributed by atoms with van der Waals surface area (Å²) in [6.07, 6.45) is 0. The van der Waals surface area contributed by atoms with Gasteiger partial charge in [-0.3, -0.25) is 9.36 Å². The van der Waals surface area contributed by atoms with Crippen molar-refractivity contribution in [3.63, 3.8) is 0 Å². The Balaban J connectivity index is 2.06. The van der Waals surface area contributed by atoms with E-state index in [-0.39, 0.29) is 5.75 Å². The highest BCUT2D eigenvalue weighted by molar-refractivity contribution is 7.99. The minimum Gasteiger partial charge on any atom is -0.497 e.